The summed E-state index contributed by atoms with van der Waals surface area (Å²) < 4.78 is 23.9. The zero-order valence-electron chi connectivity index (χ0n) is 17.6. The van der Waals surface area contributed by atoms with Gasteiger partial charge in [0.05, 0.1) is 14.2 Å². The molecule has 1 amide bonds. The molecule has 0 aliphatic rings. The van der Waals surface area contributed by atoms with Gasteiger partial charge in [-0.25, -0.2) is 9.38 Å². The fraction of sp³-hybridized carbons (Fsp3) is 0.333. The molecule has 0 aromatic heterocycles. The van der Waals surface area contributed by atoms with E-state index in [0.29, 0.717) is 36.2 Å². The maximum absolute atomic E-state index is 13.2. The summed E-state index contributed by atoms with van der Waals surface area (Å²) in [5, 5.41) is 5.79. The normalized spacial score (nSPS) is 10.6. The van der Waals surface area contributed by atoms with Gasteiger partial charge in [0.15, 0.2) is 5.96 Å². The lowest BCUT2D eigenvalue weighted by Crippen LogP contribution is -2.39. The molecule has 0 bridgehead atoms. The molecule has 0 atom stereocenters. The van der Waals surface area contributed by atoms with Gasteiger partial charge in [-0.15, -0.1) is 24.0 Å². The Kier molecular flexibility index (Phi) is 10.9. The van der Waals surface area contributed by atoms with Gasteiger partial charge in [0, 0.05) is 37.5 Å². The highest BCUT2D eigenvalue weighted by Gasteiger charge is 2.12. The fourth-order valence-electron chi connectivity index (χ4n) is 2.70. The third-order valence-electron chi connectivity index (χ3n) is 4.08. The lowest BCUT2D eigenvalue weighted by molar-refractivity contribution is -0.114. The average Bonchev–Trinajstić information content (AvgIpc) is 2.71. The molecule has 2 rings (SSSR count). The number of guanidine groups is 1. The number of benzene rings is 2. The van der Waals surface area contributed by atoms with Crippen LogP contribution in [0.3, 0.4) is 0 Å². The van der Waals surface area contributed by atoms with Crippen LogP contribution in [0.5, 0.6) is 11.5 Å². The molecule has 2 aromatic carbocycles. The van der Waals surface area contributed by atoms with E-state index < -0.39 is 5.82 Å². The van der Waals surface area contributed by atoms with Crippen molar-refractivity contribution in [2.75, 3.05) is 39.7 Å². The molecule has 0 saturated carbocycles. The van der Waals surface area contributed by atoms with Gasteiger partial charge in [0.1, 0.15) is 23.9 Å². The molecule has 0 aliphatic carbocycles. The second-order valence-corrected chi connectivity index (χ2v) is 6.26. The van der Waals surface area contributed by atoms with Crippen molar-refractivity contribution in [3.05, 3.63) is 53.8 Å². The second-order valence-electron chi connectivity index (χ2n) is 6.26. The number of carbonyl (C=O) groups excluding carboxylic acids is 1. The van der Waals surface area contributed by atoms with Crippen LogP contribution in [0.15, 0.2) is 47.5 Å². The van der Waals surface area contributed by atoms with E-state index >= 15 is 0 Å². The Morgan fingerprint density at radius 1 is 1.17 bits per heavy atom. The van der Waals surface area contributed by atoms with Crippen LogP contribution in [0.1, 0.15) is 12.5 Å². The van der Waals surface area contributed by atoms with E-state index in [1.807, 2.05) is 37.1 Å². The van der Waals surface area contributed by atoms with Gasteiger partial charge < -0.3 is 25.0 Å². The summed E-state index contributed by atoms with van der Waals surface area (Å²) in [6.07, 6.45) is 0. The molecule has 0 saturated heterocycles. The van der Waals surface area contributed by atoms with E-state index in [2.05, 4.69) is 15.6 Å². The van der Waals surface area contributed by atoms with Gasteiger partial charge in [0.2, 0.25) is 5.91 Å². The summed E-state index contributed by atoms with van der Waals surface area (Å²) in [7, 11) is 5.08. The third kappa shape index (κ3) is 7.69. The standard InChI is InChI=1S/C21H27FN4O3.HI/c1-5-23-21(24-13-20(27)25-17-8-6-7-16(22)11-17)26(2)14-15-9-10-18(28-3)12-19(15)29-4;/h6-12H,5,13-14H2,1-4H3,(H,23,24)(H,25,27);1H. The molecular weight excluding hydrogens is 502 g/mol. The summed E-state index contributed by atoms with van der Waals surface area (Å²) in [5.41, 5.74) is 1.34. The van der Waals surface area contributed by atoms with E-state index in [9.17, 15) is 9.18 Å². The number of amides is 1. The first-order valence-corrected chi connectivity index (χ1v) is 9.22. The van der Waals surface area contributed by atoms with Gasteiger partial charge in [-0.2, -0.15) is 0 Å². The van der Waals surface area contributed by atoms with Gasteiger partial charge in [0.25, 0.3) is 0 Å². The number of halogens is 2. The third-order valence-corrected chi connectivity index (χ3v) is 4.08. The Morgan fingerprint density at radius 3 is 2.57 bits per heavy atom. The summed E-state index contributed by atoms with van der Waals surface area (Å²) in [5.74, 6) is 1.24. The minimum atomic E-state index is -0.409. The minimum absolute atomic E-state index is 0. The monoisotopic (exact) mass is 530 g/mol. The van der Waals surface area contributed by atoms with Crippen molar-refractivity contribution < 1.29 is 18.7 Å². The van der Waals surface area contributed by atoms with Crippen molar-refractivity contribution in [1.29, 1.82) is 0 Å². The number of nitrogens with zero attached hydrogens (tertiary/aromatic N) is 2. The molecule has 164 valence electrons. The van der Waals surface area contributed by atoms with Gasteiger partial charge in [-0.1, -0.05) is 6.07 Å². The molecule has 0 unspecified atom stereocenters. The van der Waals surface area contributed by atoms with Crippen LogP contribution < -0.4 is 20.1 Å². The molecule has 30 heavy (non-hydrogen) atoms. The number of aliphatic imine (C=N–C) groups is 1. The van der Waals surface area contributed by atoms with Crippen LogP contribution >= 0.6 is 24.0 Å². The molecule has 9 heteroatoms. The largest absolute Gasteiger partial charge is 0.497 e. The van der Waals surface area contributed by atoms with Crippen LogP contribution in [0, 0.1) is 5.82 Å². The summed E-state index contributed by atoms with van der Waals surface area (Å²) in [4.78, 5) is 18.4. The Labute approximate surface area is 193 Å². The zero-order chi connectivity index (χ0) is 21.2. The minimum Gasteiger partial charge on any atom is -0.497 e. The number of methoxy groups -OCH3 is 2. The van der Waals surface area contributed by atoms with Crippen molar-refractivity contribution in [2.24, 2.45) is 4.99 Å². The van der Waals surface area contributed by atoms with Gasteiger partial charge >= 0.3 is 0 Å². The van der Waals surface area contributed by atoms with Crippen LogP contribution in [0.2, 0.25) is 0 Å². The number of hydrogen-bond acceptors (Lipinski definition) is 4. The summed E-state index contributed by atoms with van der Waals surface area (Å²) >= 11 is 0. The fourth-order valence-corrected chi connectivity index (χ4v) is 2.70. The first-order valence-electron chi connectivity index (χ1n) is 9.22. The van der Waals surface area contributed by atoms with Crippen molar-refractivity contribution in [2.45, 2.75) is 13.5 Å². The molecule has 0 radical (unpaired) electrons. The van der Waals surface area contributed by atoms with Gasteiger partial charge in [-0.3, -0.25) is 4.79 Å². The Hall–Kier alpha value is -2.56. The lowest BCUT2D eigenvalue weighted by atomic mass is 10.2. The Morgan fingerprint density at radius 2 is 1.93 bits per heavy atom. The van der Waals surface area contributed by atoms with Gasteiger partial charge in [-0.05, 0) is 37.3 Å². The highest BCUT2D eigenvalue weighted by Crippen LogP contribution is 2.25. The molecule has 7 nitrogen and oxygen atoms in total. The Balaban J connectivity index is 0.00000450. The lowest BCUT2D eigenvalue weighted by Gasteiger charge is -2.23. The van der Waals surface area contributed by atoms with Crippen molar-refractivity contribution in [1.82, 2.24) is 10.2 Å². The average molecular weight is 530 g/mol. The van der Waals surface area contributed by atoms with E-state index in [1.165, 1.54) is 18.2 Å². The number of rotatable bonds is 8. The molecule has 0 aliphatic heterocycles. The van der Waals surface area contributed by atoms with Crippen LogP contribution in [0.25, 0.3) is 0 Å². The first kappa shape index (κ1) is 25.5. The maximum Gasteiger partial charge on any atom is 0.246 e. The molecular formula is C21H28FIN4O3. The number of ether oxygens (including phenoxy) is 2. The predicted molar refractivity (Wildman–Crippen MR) is 127 cm³/mol. The molecule has 2 N–H and O–H groups in total. The maximum atomic E-state index is 13.2. The predicted octanol–water partition coefficient (Wildman–Crippen LogP) is 3.50. The van der Waals surface area contributed by atoms with Crippen molar-refractivity contribution >= 4 is 41.5 Å². The van der Waals surface area contributed by atoms with Crippen LogP contribution in [0.4, 0.5) is 10.1 Å². The Bertz CT molecular complexity index is 864. The number of nitrogens with one attached hydrogen (secondary N) is 2. The van der Waals surface area contributed by atoms with E-state index in [-0.39, 0.29) is 36.4 Å². The smallest absolute Gasteiger partial charge is 0.246 e. The van der Waals surface area contributed by atoms with Crippen LogP contribution in [-0.4, -0.2) is 51.1 Å². The first-order chi connectivity index (χ1) is 14.0. The quantitative estimate of drug-likeness (QED) is 0.311. The highest BCUT2D eigenvalue weighted by molar-refractivity contribution is 14.0. The summed E-state index contributed by atoms with van der Waals surface area (Å²) in [6.45, 7) is 3.02. The number of carbonyl (C=O) groups is 1. The van der Waals surface area contributed by atoms with Crippen molar-refractivity contribution in [3.8, 4) is 11.5 Å². The second kappa shape index (κ2) is 12.9. The SMILES string of the molecule is CCNC(=NCC(=O)Nc1cccc(F)c1)N(C)Cc1ccc(OC)cc1OC.I. The van der Waals surface area contributed by atoms with E-state index in [1.54, 1.807) is 20.3 Å². The summed E-state index contributed by atoms with van der Waals surface area (Å²) in [6, 6.07) is 11.3. The number of hydrogen-bond donors (Lipinski definition) is 2. The molecule has 0 spiro atoms. The highest BCUT2D eigenvalue weighted by atomic mass is 127. The molecule has 0 fully saturated rings. The number of anilines is 1. The molecule has 0 heterocycles. The van der Waals surface area contributed by atoms with Crippen LogP contribution in [-0.2, 0) is 11.3 Å². The molecule has 2 aromatic rings. The van der Waals surface area contributed by atoms with E-state index in [4.69, 9.17) is 9.47 Å². The topological polar surface area (TPSA) is 75.2 Å². The zero-order valence-corrected chi connectivity index (χ0v) is 19.9. The van der Waals surface area contributed by atoms with Crippen molar-refractivity contribution in [3.63, 3.8) is 0 Å². The van der Waals surface area contributed by atoms with E-state index in [0.717, 1.165) is 5.56 Å².